The highest BCUT2D eigenvalue weighted by Crippen LogP contribution is 2.15. The van der Waals surface area contributed by atoms with Crippen LogP contribution in [0.4, 0.5) is 0 Å². The molecule has 1 aliphatic rings. The molecule has 0 aliphatic carbocycles. The summed E-state index contributed by atoms with van der Waals surface area (Å²) in [5.41, 5.74) is 0.918. The summed E-state index contributed by atoms with van der Waals surface area (Å²) in [5.74, 6) is 0.885. The maximum atomic E-state index is 8.86. The predicted octanol–water partition coefficient (Wildman–Crippen LogP) is 0.920. The summed E-state index contributed by atoms with van der Waals surface area (Å²) in [4.78, 5) is 0. The van der Waals surface area contributed by atoms with Crippen molar-refractivity contribution in [1.82, 2.24) is 5.32 Å². The van der Waals surface area contributed by atoms with Crippen molar-refractivity contribution < 1.29 is 9.84 Å². The Morgan fingerprint density at radius 3 is 2.71 bits per heavy atom. The van der Waals surface area contributed by atoms with Crippen molar-refractivity contribution in [3.63, 3.8) is 0 Å². The number of aliphatic hydroxyl groups is 1. The minimum absolute atomic E-state index is 0.0886. The van der Waals surface area contributed by atoms with Gasteiger partial charge in [-0.15, -0.1) is 0 Å². The van der Waals surface area contributed by atoms with Crippen LogP contribution in [0.15, 0.2) is 24.3 Å². The van der Waals surface area contributed by atoms with Crippen LogP contribution in [0.25, 0.3) is 0 Å². The van der Waals surface area contributed by atoms with Crippen LogP contribution in [0.3, 0.4) is 0 Å². The monoisotopic (exact) mass is 193 g/mol. The molecule has 1 aliphatic heterocycles. The number of ether oxygens (including phenoxy) is 1. The Bertz CT molecular complexity index is 278. The Kier molecular flexibility index (Phi) is 3.01. The summed E-state index contributed by atoms with van der Waals surface area (Å²) in [5, 5.41) is 12.1. The van der Waals surface area contributed by atoms with E-state index in [9.17, 15) is 0 Å². The second kappa shape index (κ2) is 4.44. The molecule has 0 spiro atoms. The largest absolute Gasteiger partial charge is 0.489 e. The van der Waals surface area contributed by atoms with Gasteiger partial charge in [0, 0.05) is 6.54 Å². The first-order valence-electron chi connectivity index (χ1n) is 4.95. The standard InChI is InChI=1S/C11H15NO2/c13-8-9-1-3-10(4-2-9)14-11-5-6-12-7-11/h1-4,11-13H,5-8H2/t11-/m1/s1. The molecule has 3 nitrogen and oxygen atoms in total. The number of benzene rings is 1. The van der Waals surface area contributed by atoms with Gasteiger partial charge < -0.3 is 15.2 Å². The van der Waals surface area contributed by atoms with Gasteiger partial charge in [0.25, 0.3) is 0 Å². The van der Waals surface area contributed by atoms with E-state index in [1.807, 2.05) is 24.3 Å². The maximum absolute atomic E-state index is 8.86. The van der Waals surface area contributed by atoms with Crippen molar-refractivity contribution >= 4 is 0 Å². The van der Waals surface area contributed by atoms with Gasteiger partial charge in [0.2, 0.25) is 0 Å². The molecule has 2 N–H and O–H groups in total. The van der Waals surface area contributed by atoms with Crippen LogP contribution >= 0.6 is 0 Å². The molecule has 1 saturated heterocycles. The molecule has 1 heterocycles. The first kappa shape index (κ1) is 9.49. The van der Waals surface area contributed by atoms with E-state index in [1.54, 1.807) is 0 Å². The predicted molar refractivity (Wildman–Crippen MR) is 54.3 cm³/mol. The van der Waals surface area contributed by atoms with E-state index in [0.29, 0.717) is 6.10 Å². The van der Waals surface area contributed by atoms with Gasteiger partial charge >= 0.3 is 0 Å². The highest BCUT2D eigenvalue weighted by Gasteiger charge is 2.15. The molecule has 0 aromatic heterocycles. The number of hydrogen-bond acceptors (Lipinski definition) is 3. The average Bonchev–Trinajstić information content (AvgIpc) is 2.72. The lowest BCUT2D eigenvalue weighted by Gasteiger charge is -2.12. The molecule has 1 fully saturated rings. The van der Waals surface area contributed by atoms with Gasteiger partial charge in [-0.3, -0.25) is 0 Å². The molecule has 1 aromatic rings. The van der Waals surface area contributed by atoms with Gasteiger partial charge in [-0.2, -0.15) is 0 Å². The van der Waals surface area contributed by atoms with E-state index in [0.717, 1.165) is 30.8 Å². The van der Waals surface area contributed by atoms with Crippen molar-refractivity contribution in [2.24, 2.45) is 0 Å². The van der Waals surface area contributed by atoms with E-state index < -0.39 is 0 Å². The third-order valence-corrected chi connectivity index (χ3v) is 2.42. The van der Waals surface area contributed by atoms with E-state index in [-0.39, 0.29) is 6.61 Å². The lowest BCUT2D eigenvalue weighted by Crippen LogP contribution is -2.19. The molecule has 14 heavy (non-hydrogen) atoms. The summed E-state index contributed by atoms with van der Waals surface area (Å²) in [6.07, 6.45) is 1.37. The van der Waals surface area contributed by atoms with Gasteiger partial charge in [-0.25, -0.2) is 0 Å². The van der Waals surface area contributed by atoms with Crippen LogP contribution in [0.2, 0.25) is 0 Å². The second-order valence-corrected chi connectivity index (χ2v) is 3.53. The van der Waals surface area contributed by atoms with Crippen molar-refractivity contribution in [1.29, 1.82) is 0 Å². The lowest BCUT2D eigenvalue weighted by atomic mass is 10.2. The smallest absolute Gasteiger partial charge is 0.119 e. The summed E-state index contributed by atoms with van der Waals surface area (Å²) < 4.78 is 5.73. The average molecular weight is 193 g/mol. The zero-order valence-corrected chi connectivity index (χ0v) is 8.07. The normalized spacial score (nSPS) is 21.1. The highest BCUT2D eigenvalue weighted by atomic mass is 16.5. The molecule has 0 amide bonds. The second-order valence-electron chi connectivity index (χ2n) is 3.53. The Labute approximate surface area is 83.7 Å². The summed E-state index contributed by atoms with van der Waals surface area (Å²) in [6, 6.07) is 7.59. The van der Waals surface area contributed by atoms with Gasteiger partial charge in [0.15, 0.2) is 0 Å². The third kappa shape index (κ3) is 2.25. The van der Waals surface area contributed by atoms with Gasteiger partial charge in [-0.05, 0) is 30.7 Å². The molecular formula is C11H15NO2. The summed E-state index contributed by atoms with van der Waals surface area (Å²) in [7, 11) is 0. The molecular weight excluding hydrogens is 178 g/mol. The summed E-state index contributed by atoms with van der Waals surface area (Å²) in [6.45, 7) is 2.06. The van der Waals surface area contributed by atoms with Gasteiger partial charge in [0.1, 0.15) is 11.9 Å². The Hall–Kier alpha value is -1.06. The number of nitrogens with one attached hydrogen (secondary N) is 1. The lowest BCUT2D eigenvalue weighted by molar-refractivity contribution is 0.222. The quantitative estimate of drug-likeness (QED) is 0.750. The van der Waals surface area contributed by atoms with E-state index in [4.69, 9.17) is 9.84 Å². The third-order valence-electron chi connectivity index (χ3n) is 2.42. The Morgan fingerprint density at radius 1 is 1.36 bits per heavy atom. The fourth-order valence-electron chi connectivity index (χ4n) is 1.59. The minimum atomic E-state index is 0.0886. The molecule has 1 atom stereocenters. The van der Waals surface area contributed by atoms with E-state index >= 15 is 0 Å². The van der Waals surface area contributed by atoms with Gasteiger partial charge in [0.05, 0.1) is 6.61 Å². The molecule has 0 radical (unpaired) electrons. The molecule has 0 bridgehead atoms. The van der Waals surface area contributed by atoms with Crippen LogP contribution in [-0.2, 0) is 6.61 Å². The SMILES string of the molecule is OCc1ccc(O[C@@H]2CCNC2)cc1. The van der Waals surface area contributed by atoms with Gasteiger partial charge in [-0.1, -0.05) is 12.1 Å². The van der Waals surface area contributed by atoms with Crippen molar-refractivity contribution in [3.8, 4) is 5.75 Å². The topological polar surface area (TPSA) is 41.5 Å². The zero-order chi connectivity index (χ0) is 9.80. The number of aliphatic hydroxyl groups excluding tert-OH is 1. The van der Waals surface area contributed by atoms with E-state index in [2.05, 4.69) is 5.32 Å². The molecule has 3 heteroatoms. The van der Waals surface area contributed by atoms with E-state index in [1.165, 1.54) is 0 Å². The van der Waals surface area contributed by atoms with Crippen molar-refractivity contribution in [2.75, 3.05) is 13.1 Å². The van der Waals surface area contributed by atoms with Crippen LogP contribution < -0.4 is 10.1 Å². The zero-order valence-electron chi connectivity index (χ0n) is 8.07. The fraction of sp³-hybridized carbons (Fsp3) is 0.455. The van der Waals surface area contributed by atoms with Crippen LogP contribution in [0.5, 0.6) is 5.75 Å². The molecule has 76 valence electrons. The first-order valence-corrected chi connectivity index (χ1v) is 4.95. The number of hydrogen-bond donors (Lipinski definition) is 2. The molecule has 0 saturated carbocycles. The van der Waals surface area contributed by atoms with Crippen LogP contribution in [0.1, 0.15) is 12.0 Å². The molecule has 0 unspecified atom stereocenters. The van der Waals surface area contributed by atoms with Crippen LogP contribution in [-0.4, -0.2) is 24.3 Å². The maximum Gasteiger partial charge on any atom is 0.119 e. The summed E-state index contributed by atoms with van der Waals surface area (Å²) >= 11 is 0. The van der Waals surface area contributed by atoms with Crippen molar-refractivity contribution in [2.45, 2.75) is 19.1 Å². The minimum Gasteiger partial charge on any atom is -0.489 e. The molecule has 1 aromatic carbocycles. The Balaban J connectivity index is 1.95. The van der Waals surface area contributed by atoms with Crippen LogP contribution in [0, 0.1) is 0 Å². The first-order chi connectivity index (χ1) is 6.88. The molecule has 2 rings (SSSR count). The highest BCUT2D eigenvalue weighted by molar-refractivity contribution is 5.27. The Morgan fingerprint density at radius 2 is 2.14 bits per heavy atom. The fourth-order valence-corrected chi connectivity index (χ4v) is 1.59. The van der Waals surface area contributed by atoms with Crippen molar-refractivity contribution in [3.05, 3.63) is 29.8 Å². The number of rotatable bonds is 3.